The zero-order chi connectivity index (χ0) is 10.1. The average molecular weight is 201 g/mol. The number of ether oxygens (including phenoxy) is 1. The molecule has 0 aromatic carbocycles. The van der Waals surface area contributed by atoms with Crippen molar-refractivity contribution in [2.75, 3.05) is 7.11 Å². The summed E-state index contributed by atoms with van der Waals surface area (Å²) in [5.74, 6) is 1.20. The van der Waals surface area contributed by atoms with Gasteiger partial charge in [0.05, 0.1) is 7.11 Å². The van der Waals surface area contributed by atoms with Gasteiger partial charge in [0, 0.05) is 11.5 Å². The van der Waals surface area contributed by atoms with E-state index in [1.807, 2.05) is 20.8 Å². The maximum Gasteiger partial charge on any atom is 0.217 e. The van der Waals surface area contributed by atoms with Crippen molar-refractivity contribution in [2.24, 2.45) is 0 Å². The predicted molar refractivity (Wildman–Crippen MR) is 52.3 cm³/mol. The Bertz CT molecular complexity index is 307. The fourth-order valence-corrected chi connectivity index (χ4v) is 1.01. The van der Waals surface area contributed by atoms with Gasteiger partial charge >= 0.3 is 0 Å². The van der Waals surface area contributed by atoms with Crippen LogP contribution in [0.5, 0.6) is 5.88 Å². The fourth-order valence-electron chi connectivity index (χ4n) is 0.837. The molecule has 0 atom stereocenters. The zero-order valence-corrected chi connectivity index (χ0v) is 9.01. The van der Waals surface area contributed by atoms with E-state index >= 15 is 0 Å². The molecule has 0 aliphatic carbocycles. The number of halogens is 1. The zero-order valence-electron chi connectivity index (χ0n) is 8.26. The molecule has 0 radical (unpaired) electrons. The van der Waals surface area contributed by atoms with E-state index in [2.05, 4.69) is 9.97 Å². The van der Waals surface area contributed by atoms with Crippen LogP contribution in [0, 0.1) is 0 Å². The van der Waals surface area contributed by atoms with Crippen LogP contribution in [0.1, 0.15) is 26.6 Å². The topological polar surface area (TPSA) is 35.0 Å². The molecule has 0 spiro atoms. The van der Waals surface area contributed by atoms with E-state index in [0.717, 1.165) is 0 Å². The summed E-state index contributed by atoms with van der Waals surface area (Å²) in [4.78, 5) is 8.33. The van der Waals surface area contributed by atoms with Gasteiger partial charge in [-0.05, 0) is 0 Å². The van der Waals surface area contributed by atoms with E-state index in [9.17, 15) is 0 Å². The Morgan fingerprint density at radius 2 is 1.92 bits per heavy atom. The molecule has 0 unspecified atom stereocenters. The molecule has 0 N–H and O–H groups in total. The average Bonchev–Trinajstić information content (AvgIpc) is 2.01. The van der Waals surface area contributed by atoms with Crippen molar-refractivity contribution in [3.8, 4) is 5.88 Å². The maximum absolute atomic E-state index is 5.80. The lowest BCUT2D eigenvalue weighted by Gasteiger charge is -2.16. The van der Waals surface area contributed by atoms with Crippen molar-refractivity contribution >= 4 is 11.6 Å². The summed E-state index contributed by atoms with van der Waals surface area (Å²) in [6, 6.07) is 1.59. The molecule has 0 aliphatic heterocycles. The molecule has 1 aromatic heterocycles. The molecule has 1 aromatic rings. The highest BCUT2D eigenvalue weighted by Gasteiger charge is 2.18. The smallest absolute Gasteiger partial charge is 0.217 e. The summed E-state index contributed by atoms with van der Waals surface area (Å²) in [5, 5.41) is 0.414. The highest BCUT2D eigenvalue weighted by atomic mass is 35.5. The van der Waals surface area contributed by atoms with Crippen molar-refractivity contribution in [3.63, 3.8) is 0 Å². The van der Waals surface area contributed by atoms with Crippen molar-refractivity contribution < 1.29 is 4.74 Å². The minimum atomic E-state index is -0.113. The van der Waals surface area contributed by atoms with Crippen LogP contribution in [0.25, 0.3) is 0 Å². The second kappa shape index (κ2) is 3.50. The minimum Gasteiger partial charge on any atom is -0.481 e. The van der Waals surface area contributed by atoms with Crippen LogP contribution in [-0.2, 0) is 5.41 Å². The summed E-state index contributed by atoms with van der Waals surface area (Å²) in [7, 11) is 1.56. The highest BCUT2D eigenvalue weighted by molar-refractivity contribution is 6.29. The SMILES string of the molecule is COc1cc(Cl)nc(C(C)(C)C)n1. The van der Waals surface area contributed by atoms with Gasteiger partial charge < -0.3 is 4.74 Å². The van der Waals surface area contributed by atoms with Crippen molar-refractivity contribution in [3.05, 3.63) is 17.0 Å². The third kappa shape index (κ3) is 2.56. The van der Waals surface area contributed by atoms with Crippen molar-refractivity contribution in [1.82, 2.24) is 9.97 Å². The Kier molecular flexibility index (Phi) is 2.76. The molecule has 0 saturated carbocycles. The lowest BCUT2D eigenvalue weighted by molar-refractivity contribution is 0.389. The van der Waals surface area contributed by atoms with Gasteiger partial charge in [0.1, 0.15) is 11.0 Å². The Labute approximate surface area is 83.1 Å². The molecule has 0 bridgehead atoms. The Balaban J connectivity index is 3.16. The number of rotatable bonds is 1. The molecule has 0 amide bonds. The number of hydrogen-bond donors (Lipinski definition) is 0. The van der Waals surface area contributed by atoms with Crippen LogP contribution in [0.15, 0.2) is 6.07 Å². The molecule has 0 fully saturated rings. The van der Waals surface area contributed by atoms with E-state index < -0.39 is 0 Å². The van der Waals surface area contributed by atoms with Crippen LogP contribution >= 0.6 is 11.6 Å². The molecule has 72 valence electrons. The summed E-state index contributed by atoms with van der Waals surface area (Å²) < 4.78 is 5.00. The second-order valence-electron chi connectivity index (χ2n) is 3.81. The van der Waals surface area contributed by atoms with Crippen LogP contribution in [0.2, 0.25) is 5.15 Å². The van der Waals surface area contributed by atoms with Gasteiger partial charge in [-0.15, -0.1) is 0 Å². The third-order valence-corrected chi connectivity index (χ3v) is 1.74. The first-order valence-corrected chi connectivity index (χ1v) is 4.40. The van der Waals surface area contributed by atoms with E-state index in [1.54, 1.807) is 13.2 Å². The van der Waals surface area contributed by atoms with Gasteiger partial charge in [0.15, 0.2) is 0 Å². The van der Waals surface area contributed by atoms with E-state index in [-0.39, 0.29) is 5.41 Å². The molecule has 13 heavy (non-hydrogen) atoms. The monoisotopic (exact) mass is 200 g/mol. The molecule has 4 heteroatoms. The highest BCUT2D eigenvalue weighted by Crippen LogP contribution is 2.22. The quantitative estimate of drug-likeness (QED) is 0.654. The van der Waals surface area contributed by atoms with Gasteiger partial charge in [-0.3, -0.25) is 0 Å². The van der Waals surface area contributed by atoms with Gasteiger partial charge in [-0.2, -0.15) is 4.98 Å². The Hall–Kier alpha value is -0.830. The first-order valence-electron chi connectivity index (χ1n) is 4.02. The lowest BCUT2D eigenvalue weighted by Crippen LogP contribution is -2.16. The van der Waals surface area contributed by atoms with Crippen LogP contribution < -0.4 is 4.74 Å². The maximum atomic E-state index is 5.80. The van der Waals surface area contributed by atoms with Gasteiger partial charge in [0.25, 0.3) is 0 Å². The molecule has 1 rings (SSSR count). The first kappa shape index (κ1) is 10.3. The number of methoxy groups -OCH3 is 1. The normalized spacial score (nSPS) is 11.5. The van der Waals surface area contributed by atoms with E-state index in [1.165, 1.54) is 0 Å². The molecule has 3 nitrogen and oxygen atoms in total. The van der Waals surface area contributed by atoms with E-state index in [0.29, 0.717) is 16.9 Å². The number of hydrogen-bond acceptors (Lipinski definition) is 3. The molecular weight excluding hydrogens is 188 g/mol. The van der Waals surface area contributed by atoms with Gasteiger partial charge in [-0.25, -0.2) is 4.98 Å². The largest absolute Gasteiger partial charge is 0.481 e. The van der Waals surface area contributed by atoms with Gasteiger partial charge in [-0.1, -0.05) is 32.4 Å². The van der Waals surface area contributed by atoms with Crippen molar-refractivity contribution in [2.45, 2.75) is 26.2 Å². The van der Waals surface area contributed by atoms with Crippen LogP contribution in [0.3, 0.4) is 0 Å². The van der Waals surface area contributed by atoms with E-state index in [4.69, 9.17) is 16.3 Å². The Morgan fingerprint density at radius 1 is 1.31 bits per heavy atom. The lowest BCUT2D eigenvalue weighted by atomic mass is 9.96. The summed E-state index contributed by atoms with van der Waals surface area (Å²) >= 11 is 5.80. The second-order valence-corrected chi connectivity index (χ2v) is 4.19. The summed E-state index contributed by atoms with van der Waals surface area (Å²) in [6.45, 7) is 6.08. The predicted octanol–water partition coefficient (Wildman–Crippen LogP) is 2.44. The summed E-state index contributed by atoms with van der Waals surface area (Å²) in [5.41, 5.74) is -0.113. The molecule has 1 heterocycles. The molecule has 0 saturated heterocycles. The number of aromatic nitrogens is 2. The standard InChI is InChI=1S/C9H13ClN2O/c1-9(2,3)8-11-6(10)5-7(12-8)13-4/h5H,1-4H3. The van der Waals surface area contributed by atoms with Crippen LogP contribution in [-0.4, -0.2) is 17.1 Å². The van der Waals surface area contributed by atoms with Crippen LogP contribution in [0.4, 0.5) is 0 Å². The summed E-state index contributed by atoms with van der Waals surface area (Å²) in [6.07, 6.45) is 0. The van der Waals surface area contributed by atoms with Gasteiger partial charge in [0.2, 0.25) is 5.88 Å². The number of nitrogens with zero attached hydrogens (tertiary/aromatic N) is 2. The first-order chi connectivity index (χ1) is 5.93. The fraction of sp³-hybridized carbons (Fsp3) is 0.556. The van der Waals surface area contributed by atoms with Crippen molar-refractivity contribution in [1.29, 1.82) is 0 Å². The minimum absolute atomic E-state index is 0.113. The Morgan fingerprint density at radius 3 is 2.38 bits per heavy atom. The molecular formula is C9H13ClN2O. The third-order valence-electron chi connectivity index (χ3n) is 1.55. The molecule has 0 aliphatic rings.